The molecule has 0 fully saturated rings. The third kappa shape index (κ3) is 2.74. The van der Waals surface area contributed by atoms with Gasteiger partial charge in [0.2, 0.25) is 0 Å². The molecular formula is C23H22BrN3O4. The maximum absolute atomic E-state index is 13.5. The number of hydrogen-bond donors (Lipinski definition) is 0. The molecule has 4 heterocycles. The number of fused-ring (bicyclic) bond motifs is 3. The van der Waals surface area contributed by atoms with E-state index in [4.69, 9.17) is 9.15 Å². The molecular weight excluding hydrogens is 462 g/mol. The van der Waals surface area contributed by atoms with Crippen molar-refractivity contribution >= 4 is 26.8 Å². The summed E-state index contributed by atoms with van der Waals surface area (Å²) in [6, 6.07) is 11.5. The molecule has 3 aromatic heterocycles. The average Bonchev–Trinajstić information content (AvgIpc) is 3.38. The fourth-order valence-corrected chi connectivity index (χ4v) is 5.03. The van der Waals surface area contributed by atoms with E-state index in [0.29, 0.717) is 23.3 Å². The van der Waals surface area contributed by atoms with E-state index < -0.39 is 11.6 Å². The minimum atomic E-state index is -0.542. The highest BCUT2D eigenvalue weighted by molar-refractivity contribution is 9.10. The second-order valence-corrected chi connectivity index (χ2v) is 9.35. The SMILES string of the molecule is Cn1c(=O)c2c(-c3ccccc3Br)n3c(c2n(C)c1=O)[C@@H](c1ccco1)OCC3(C)C. The smallest absolute Gasteiger partial charge is 0.331 e. The Morgan fingerprint density at radius 1 is 1.06 bits per heavy atom. The van der Waals surface area contributed by atoms with E-state index in [1.165, 1.54) is 11.6 Å². The van der Waals surface area contributed by atoms with Gasteiger partial charge in [-0.3, -0.25) is 13.9 Å². The third-order valence-corrected chi connectivity index (χ3v) is 6.69. The highest BCUT2D eigenvalue weighted by Gasteiger charge is 2.41. The lowest BCUT2D eigenvalue weighted by molar-refractivity contribution is -0.0164. The van der Waals surface area contributed by atoms with Crippen molar-refractivity contribution in [1.82, 2.24) is 13.7 Å². The van der Waals surface area contributed by atoms with Crippen LogP contribution in [0.2, 0.25) is 0 Å². The first kappa shape index (κ1) is 20.1. The molecule has 31 heavy (non-hydrogen) atoms. The summed E-state index contributed by atoms with van der Waals surface area (Å²) in [6.07, 6.45) is 1.06. The van der Waals surface area contributed by atoms with Crippen LogP contribution < -0.4 is 11.2 Å². The van der Waals surface area contributed by atoms with Crippen LogP contribution in [0, 0.1) is 0 Å². The molecule has 8 heteroatoms. The van der Waals surface area contributed by atoms with Crippen LogP contribution in [0.25, 0.3) is 22.2 Å². The first-order chi connectivity index (χ1) is 14.7. The van der Waals surface area contributed by atoms with E-state index in [0.717, 1.165) is 26.0 Å². The predicted octanol–water partition coefficient (Wildman–Crippen LogP) is 3.92. The van der Waals surface area contributed by atoms with Gasteiger partial charge >= 0.3 is 5.69 Å². The van der Waals surface area contributed by atoms with Gasteiger partial charge in [-0.05, 0) is 32.0 Å². The summed E-state index contributed by atoms with van der Waals surface area (Å²) >= 11 is 3.66. The summed E-state index contributed by atoms with van der Waals surface area (Å²) in [5, 5.41) is 0.488. The Kier molecular flexibility index (Phi) is 4.43. The van der Waals surface area contributed by atoms with Crippen molar-refractivity contribution in [3.63, 3.8) is 0 Å². The van der Waals surface area contributed by atoms with E-state index in [1.807, 2.05) is 30.3 Å². The van der Waals surface area contributed by atoms with Gasteiger partial charge in [0, 0.05) is 24.1 Å². The van der Waals surface area contributed by atoms with Crippen LogP contribution in [0.15, 0.2) is 61.1 Å². The molecule has 0 radical (unpaired) electrons. The molecule has 0 saturated heterocycles. The lowest BCUT2D eigenvalue weighted by Gasteiger charge is -2.38. The Morgan fingerprint density at radius 3 is 2.48 bits per heavy atom. The first-order valence-corrected chi connectivity index (χ1v) is 10.8. The first-order valence-electron chi connectivity index (χ1n) is 9.98. The summed E-state index contributed by atoms with van der Waals surface area (Å²) in [5.41, 5.74) is 1.76. The third-order valence-electron chi connectivity index (χ3n) is 6.00. The molecule has 1 aliphatic heterocycles. The van der Waals surface area contributed by atoms with E-state index in [9.17, 15) is 9.59 Å². The normalized spacial score (nSPS) is 17.8. The van der Waals surface area contributed by atoms with Crippen molar-refractivity contribution < 1.29 is 9.15 Å². The van der Waals surface area contributed by atoms with Crippen molar-refractivity contribution in [3.05, 3.63) is 79.4 Å². The number of aromatic nitrogens is 3. The Bertz CT molecular complexity index is 1440. The minimum Gasteiger partial charge on any atom is -0.466 e. The van der Waals surface area contributed by atoms with Crippen molar-refractivity contribution in [2.45, 2.75) is 25.5 Å². The summed E-state index contributed by atoms with van der Waals surface area (Å²) in [6.45, 7) is 4.55. The van der Waals surface area contributed by atoms with Gasteiger partial charge in [-0.1, -0.05) is 34.1 Å². The van der Waals surface area contributed by atoms with Crippen LogP contribution in [0.4, 0.5) is 0 Å². The zero-order chi connectivity index (χ0) is 22.1. The number of nitrogens with zero attached hydrogens (tertiary/aromatic N) is 3. The van der Waals surface area contributed by atoms with Crippen molar-refractivity contribution in [2.75, 3.05) is 6.61 Å². The lowest BCUT2D eigenvalue weighted by atomic mass is 10.0. The monoisotopic (exact) mass is 483 g/mol. The standard InChI is InChI=1S/C23H22BrN3O4/c1-23(2)12-31-20(15-10-7-11-30-15)19-18-16(21(28)26(4)22(29)25(18)3)17(27(19)23)13-8-5-6-9-14(13)24/h5-11,20H,12H2,1-4H3/t20-/m1/s1. The topological polar surface area (TPSA) is 71.3 Å². The molecule has 1 atom stereocenters. The maximum Gasteiger partial charge on any atom is 0.331 e. The van der Waals surface area contributed by atoms with Gasteiger partial charge in [-0.15, -0.1) is 0 Å². The molecule has 0 bridgehead atoms. The fraction of sp³-hybridized carbons (Fsp3) is 0.304. The fourth-order valence-electron chi connectivity index (χ4n) is 4.56. The summed E-state index contributed by atoms with van der Waals surface area (Å²) in [7, 11) is 3.20. The molecule has 160 valence electrons. The van der Waals surface area contributed by atoms with E-state index in [2.05, 4.69) is 34.3 Å². The number of furan rings is 1. The molecule has 4 aromatic rings. The van der Waals surface area contributed by atoms with E-state index in [1.54, 1.807) is 19.4 Å². The Morgan fingerprint density at radius 2 is 1.81 bits per heavy atom. The second kappa shape index (κ2) is 6.83. The van der Waals surface area contributed by atoms with Gasteiger partial charge < -0.3 is 13.7 Å². The summed E-state index contributed by atoms with van der Waals surface area (Å²) < 4.78 is 17.7. The second-order valence-electron chi connectivity index (χ2n) is 8.50. The predicted molar refractivity (Wildman–Crippen MR) is 121 cm³/mol. The number of rotatable bonds is 2. The summed E-state index contributed by atoms with van der Waals surface area (Å²) in [5.74, 6) is 0.628. The number of ether oxygens (including phenoxy) is 1. The zero-order valence-electron chi connectivity index (χ0n) is 17.7. The minimum absolute atomic E-state index is 0.334. The van der Waals surface area contributed by atoms with Gasteiger partial charge in [0.1, 0.15) is 5.76 Å². The van der Waals surface area contributed by atoms with Crippen LogP contribution in [-0.4, -0.2) is 20.3 Å². The highest BCUT2D eigenvalue weighted by Crippen LogP contribution is 2.46. The van der Waals surface area contributed by atoms with Crippen LogP contribution in [-0.2, 0) is 24.4 Å². The van der Waals surface area contributed by atoms with Crippen molar-refractivity contribution in [2.24, 2.45) is 14.1 Å². The number of hydrogen-bond acceptors (Lipinski definition) is 4. The molecule has 5 rings (SSSR count). The largest absolute Gasteiger partial charge is 0.466 e. The molecule has 0 aliphatic carbocycles. The van der Waals surface area contributed by atoms with Crippen LogP contribution in [0.3, 0.4) is 0 Å². The number of benzene rings is 1. The van der Waals surface area contributed by atoms with Crippen LogP contribution in [0.5, 0.6) is 0 Å². The van der Waals surface area contributed by atoms with Crippen molar-refractivity contribution in [3.8, 4) is 11.3 Å². The van der Waals surface area contributed by atoms with Gasteiger partial charge in [0.25, 0.3) is 5.56 Å². The number of aryl methyl sites for hydroxylation is 1. The summed E-state index contributed by atoms with van der Waals surface area (Å²) in [4.78, 5) is 26.4. The van der Waals surface area contributed by atoms with Crippen LogP contribution >= 0.6 is 15.9 Å². The molecule has 1 aliphatic rings. The van der Waals surface area contributed by atoms with E-state index >= 15 is 0 Å². The molecule has 0 spiro atoms. The zero-order valence-corrected chi connectivity index (χ0v) is 19.3. The molecule has 0 amide bonds. The van der Waals surface area contributed by atoms with E-state index in [-0.39, 0.29) is 11.2 Å². The van der Waals surface area contributed by atoms with Crippen LogP contribution in [0.1, 0.15) is 31.4 Å². The Hall–Kier alpha value is -2.84. The lowest BCUT2D eigenvalue weighted by Crippen LogP contribution is -2.40. The Balaban J connectivity index is 2.07. The van der Waals surface area contributed by atoms with Gasteiger partial charge in [0.15, 0.2) is 6.10 Å². The van der Waals surface area contributed by atoms with Gasteiger partial charge in [-0.25, -0.2) is 4.79 Å². The van der Waals surface area contributed by atoms with Gasteiger partial charge in [0.05, 0.1) is 40.7 Å². The molecule has 0 saturated carbocycles. The molecule has 0 N–H and O–H groups in total. The molecule has 7 nitrogen and oxygen atoms in total. The molecule has 0 unspecified atom stereocenters. The van der Waals surface area contributed by atoms with Gasteiger partial charge in [-0.2, -0.15) is 0 Å². The maximum atomic E-state index is 13.5. The highest BCUT2D eigenvalue weighted by atomic mass is 79.9. The quantitative estimate of drug-likeness (QED) is 0.433. The molecule has 1 aromatic carbocycles. The average molecular weight is 484 g/mol. The Labute approximate surface area is 186 Å². The number of halogens is 1. The van der Waals surface area contributed by atoms with Crippen molar-refractivity contribution in [1.29, 1.82) is 0 Å².